The first-order valence-electron chi connectivity index (χ1n) is 4.39. The van der Waals surface area contributed by atoms with Crippen molar-refractivity contribution >= 4 is 17.5 Å². The van der Waals surface area contributed by atoms with Gasteiger partial charge in [-0.15, -0.1) is 0 Å². The molecule has 1 heterocycles. The second-order valence-corrected chi connectivity index (χ2v) is 4.31. The molecule has 0 aromatic carbocycles. The molecule has 2 nitrogen and oxygen atoms in total. The molecule has 1 aliphatic rings. The first-order chi connectivity index (χ1) is 6.49. The van der Waals surface area contributed by atoms with Crippen molar-refractivity contribution in [3.05, 3.63) is 0 Å². The van der Waals surface area contributed by atoms with Crippen LogP contribution in [0.15, 0.2) is 0 Å². The van der Waals surface area contributed by atoms with Crippen LogP contribution in [0, 0.1) is 0 Å². The first-order valence-corrected chi connectivity index (χ1v) is 5.55. The van der Waals surface area contributed by atoms with Crippen molar-refractivity contribution in [2.75, 3.05) is 18.1 Å². The van der Waals surface area contributed by atoms with Gasteiger partial charge in [0.15, 0.2) is 5.78 Å². The molecule has 82 valence electrons. The Kier molecular flexibility index (Phi) is 4.25. The van der Waals surface area contributed by atoms with Crippen LogP contribution in [0.2, 0.25) is 0 Å². The Bertz CT molecular complexity index is 201. The molecule has 0 radical (unpaired) electrons. The SMILES string of the molecule is O=C(CCC(F)(F)F)C1CSCCN1. The van der Waals surface area contributed by atoms with Gasteiger partial charge in [0, 0.05) is 24.5 Å². The van der Waals surface area contributed by atoms with Crippen molar-refractivity contribution in [1.29, 1.82) is 0 Å². The molecule has 1 aliphatic heterocycles. The number of nitrogens with one attached hydrogen (secondary N) is 1. The predicted octanol–water partition coefficient (Wildman–Crippen LogP) is 1.60. The summed E-state index contributed by atoms with van der Waals surface area (Å²) in [6, 6.07) is -0.379. The molecule has 0 aromatic rings. The van der Waals surface area contributed by atoms with Crippen molar-refractivity contribution in [3.63, 3.8) is 0 Å². The molecule has 0 amide bonds. The van der Waals surface area contributed by atoms with E-state index >= 15 is 0 Å². The monoisotopic (exact) mass is 227 g/mol. The Morgan fingerprint density at radius 3 is 2.71 bits per heavy atom. The van der Waals surface area contributed by atoms with Gasteiger partial charge in [-0.05, 0) is 0 Å². The second-order valence-electron chi connectivity index (χ2n) is 3.16. The lowest BCUT2D eigenvalue weighted by Gasteiger charge is -2.21. The van der Waals surface area contributed by atoms with E-state index < -0.39 is 19.0 Å². The number of Topliss-reactive ketones (excluding diaryl/α,β-unsaturated/α-hetero) is 1. The zero-order valence-electron chi connectivity index (χ0n) is 7.56. The van der Waals surface area contributed by atoms with Crippen LogP contribution in [-0.2, 0) is 4.79 Å². The Labute approximate surface area is 84.6 Å². The molecule has 0 bridgehead atoms. The van der Waals surface area contributed by atoms with Crippen LogP contribution >= 0.6 is 11.8 Å². The van der Waals surface area contributed by atoms with E-state index in [0.29, 0.717) is 12.3 Å². The Morgan fingerprint density at radius 1 is 1.50 bits per heavy atom. The molecular weight excluding hydrogens is 215 g/mol. The summed E-state index contributed by atoms with van der Waals surface area (Å²) in [5, 5.41) is 2.92. The van der Waals surface area contributed by atoms with Gasteiger partial charge in [0.25, 0.3) is 0 Å². The summed E-state index contributed by atoms with van der Waals surface area (Å²) in [6.07, 6.45) is -5.63. The van der Waals surface area contributed by atoms with Gasteiger partial charge in [0.2, 0.25) is 0 Å². The van der Waals surface area contributed by atoms with Gasteiger partial charge in [-0.25, -0.2) is 0 Å². The third kappa shape index (κ3) is 4.32. The highest BCUT2D eigenvalue weighted by Gasteiger charge is 2.30. The summed E-state index contributed by atoms with van der Waals surface area (Å²) in [6.45, 7) is 0.701. The van der Waals surface area contributed by atoms with Gasteiger partial charge < -0.3 is 5.32 Å². The highest BCUT2D eigenvalue weighted by atomic mass is 32.2. The third-order valence-electron chi connectivity index (χ3n) is 1.97. The molecule has 1 fully saturated rings. The van der Waals surface area contributed by atoms with Crippen LogP contribution < -0.4 is 5.32 Å². The minimum absolute atomic E-state index is 0.325. The van der Waals surface area contributed by atoms with E-state index in [-0.39, 0.29) is 11.8 Å². The molecule has 6 heteroatoms. The van der Waals surface area contributed by atoms with Crippen LogP contribution in [0.4, 0.5) is 13.2 Å². The zero-order valence-corrected chi connectivity index (χ0v) is 8.38. The molecule has 1 atom stereocenters. The number of hydrogen-bond donors (Lipinski definition) is 1. The van der Waals surface area contributed by atoms with Gasteiger partial charge in [-0.2, -0.15) is 24.9 Å². The number of hydrogen-bond acceptors (Lipinski definition) is 3. The number of carbonyl (C=O) groups excluding carboxylic acids is 1. The maximum Gasteiger partial charge on any atom is 0.389 e. The van der Waals surface area contributed by atoms with Crippen molar-refractivity contribution < 1.29 is 18.0 Å². The topological polar surface area (TPSA) is 29.1 Å². The number of ketones is 1. The predicted molar refractivity (Wildman–Crippen MR) is 49.4 cm³/mol. The number of halogens is 3. The summed E-state index contributed by atoms with van der Waals surface area (Å²) < 4.78 is 35.4. The van der Waals surface area contributed by atoms with Gasteiger partial charge in [-0.1, -0.05) is 0 Å². The van der Waals surface area contributed by atoms with Crippen molar-refractivity contribution in [3.8, 4) is 0 Å². The zero-order chi connectivity index (χ0) is 10.6. The van der Waals surface area contributed by atoms with Crippen LogP contribution in [-0.4, -0.2) is 36.1 Å². The van der Waals surface area contributed by atoms with E-state index in [4.69, 9.17) is 0 Å². The van der Waals surface area contributed by atoms with E-state index in [2.05, 4.69) is 5.32 Å². The minimum Gasteiger partial charge on any atom is -0.306 e. The van der Waals surface area contributed by atoms with Crippen molar-refractivity contribution in [2.24, 2.45) is 0 Å². The van der Waals surface area contributed by atoms with Crippen LogP contribution in [0.1, 0.15) is 12.8 Å². The molecule has 0 saturated carbocycles. The highest BCUT2D eigenvalue weighted by Crippen LogP contribution is 2.22. The second kappa shape index (κ2) is 5.02. The molecule has 0 spiro atoms. The standard InChI is InChI=1S/C8H12F3NOS/c9-8(10,11)2-1-7(13)6-5-14-4-3-12-6/h6,12H,1-5H2. The third-order valence-corrected chi connectivity index (χ3v) is 3.03. The van der Waals surface area contributed by atoms with Gasteiger partial charge >= 0.3 is 6.18 Å². The Hall–Kier alpha value is -0.230. The minimum atomic E-state index is -4.22. The van der Waals surface area contributed by atoms with Gasteiger partial charge in [0.1, 0.15) is 0 Å². The lowest BCUT2D eigenvalue weighted by molar-refractivity contribution is -0.143. The number of thioether (sulfide) groups is 1. The summed E-state index contributed by atoms with van der Waals surface area (Å²) >= 11 is 1.60. The fourth-order valence-corrected chi connectivity index (χ4v) is 2.18. The molecule has 0 aromatic heterocycles. The molecule has 1 N–H and O–H groups in total. The smallest absolute Gasteiger partial charge is 0.306 e. The van der Waals surface area contributed by atoms with E-state index in [1.807, 2.05) is 0 Å². The largest absolute Gasteiger partial charge is 0.389 e. The summed E-state index contributed by atoms with van der Waals surface area (Å²) in [7, 11) is 0. The lowest BCUT2D eigenvalue weighted by atomic mass is 10.1. The van der Waals surface area contributed by atoms with E-state index in [1.54, 1.807) is 11.8 Å². The quantitative estimate of drug-likeness (QED) is 0.794. The molecule has 1 saturated heterocycles. The molecule has 1 unspecified atom stereocenters. The summed E-state index contributed by atoms with van der Waals surface area (Å²) in [5.74, 6) is 1.19. The summed E-state index contributed by atoms with van der Waals surface area (Å²) in [5.41, 5.74) is 0. The highest BCUT2D eigenvalue weighted by molar-refractivity contribution is 7.99. The fraction of sp³-hybridized carbons (Fsp3) is 0.875. The number of rotatable bonds is 3. The van der Waals surface area contributed by atoms with E-state index in [9.17, 15) is 18.0 Å². The maximum absolute atomic E-state index is 11.8. The summed E-state index contributed by atoms with van der Waals surface area (Å²) in [4.78, 5) is 11.3. The van der Waals surface area contributed by atoms with Crippen molar-refractivity contribution in [2.45, 2.75) is 25.1 Å². The molecule has 0 aliphatic carbocycles. The van der Waals surface area contributed by atoms with E-state index in [1.165, 1.54) is 0 Å². The van der Waals surface area contributed by atoms with Crippen LogP contribution in [0.5, 0.6) is 0 Å². The van der Waals surface area contributed by atoms with Crippen LogP contribution in [0.25, 0.3) is 0 Å². The first kappa shape index (κ1) is 11.8. The molecule has 14 heavy (non-hydrogen) atoms. The molecule has 1 rings (SSSR count). The number of alkyl halides is 3. The van der Waals surface area contributed by atoms with E-state index in [0.717, 1.165) is 5.75 Å². The van der Waals surface area contributed by atoms with Gasteiger partial charge in [0.05, 0.1) is 12.5 Å². The van der Waals surface area contributed by atoms with Crippen molar-refractivity contribution in [1.82, 2.24) is 5.32 Å². The maximum atomic E-state index is 11.8. The normalized spacial score (nSPS) is 23.5. The number of carbonyl (C=O) groups is 1. The fourth-order valence-electron chi connectivity index (χ4n) is 1.21. The Balaban J connectivity index is 2.27. The lowest BCUT2D eigenvalue weighted by Crippen LogP contribution is -2.43. The van der Waals surface area contributed by atoms with Crippen LogP contribution in [0.3, 0.4) is 0 Å². The average Bonchev–Trinajstić information content (AvgIpc) is 2.14. The Morgan fingerprint density at radius 2 is 2.21 bits per heavy atom. The molecular formula is C8H12F3NOS. The average molecular weight is 227 g/mol. The van der Waals surface area contributed by atoms with Gasteiger partial charge in [-0.3, -0.25) is 4.79 Å².